The number of carboxylic acid groups (broad SMARTS) is 1. The van der Waals surface area contributed by atoms with E-state index in [2.05, 4.69) is 5.92 Å². The molecule has 1 rings (SSSR count). The van der Waals surface area contributed by atoms with Crippen LogP contribution in [0.15, 0.2) is 24.3 Å². The Kier molecular flexibility index (Phi) is 4.29. The SMILES string of the molecule is C#CCN(C)c1ccc(/C=C/C(=O)O)cc1F. The summed E-state index contributed by atoms with van der Waals surface area (Å²) in [5.74, 6) is 0.910. The van der Waals surface area contributed by atoms with Gasteiger partial charge in [-0.3, -0.25) is 0 Å². The van der Waals surface area contributed by atoms with Gasteiger partial charge in [0.25, 0.3) is 0 Å². The van der Waals surface area contributed by atoms with Crippen molar-refractivity contribution in [1.29, 1.82) is 0 Å². The molecule has 0 aliphatic heterocycles. The van der Waals surface area contributed by atoms with Gasteiger partial charge in [-0.25, -0.2) is 9.18 Å². The second-order valence-corrected chi connectivity index (χ2v) is 3.44. The zero-order chi connectivity index (χ0) is 12.8. The van der Waals surface area contributed by atoms with Gasteiger partial charge in [-0.05, 0) is 23.8 Å². The monoisotopic (exact) mass is 233 g/mol. The molecular formula is C13H12FNO2. The molecule has 17 heavy (non-hydrogen) atoms. The first-order valence-corrected chi connectivity index (χ1v) is 4.89. The number of nitrogens with zero attached hydrogens (tertiary/aromatic N) is 1. The summed E-state index contributed by atoms with van der Waals surface area (Å²) in [7, 11) is 1.69. The Balaban J connectivity index is 2.94. The van der Waals surface area contributed by atoms with E-state index in [1.54, 1.807) is 24.1 Å². The lowest BCUT2D eigenvalue weighted by atomic mass is 10.1. The lowest BCUT2D eigenvalue weighted by molar-refractivity contribution is -0.131. The fraction of sp³-hybridized carbons (Fsp3) is 0.154. The molecule has 0 aliphatic rings. The smallest absolute Gasteiger partial charge is 0.328 e. The summed E-state index contributed by atoms with van der Waals surface area (Å²) in [6.45, 7) is 0.307. The third-order valence-corrected chi connectivity index (χ3v) is 2.13. The summed E-state index contributed by atoms with van der Waals surface area (Å²) in [6.07, 6.45) is 7.42. The van der Waals surface area contributed by atoms with Crippen LogP contribution in [-0.4, -0.2) is 24.7 Å². The lowest BCUT2D eigenvalue weighted by Crippen LogP contribution is -2.18. The van der Waals surface area contributed by atoms with E-state index >= 15 is 0 Å². The van der Waals surface area contributed by atoms with Gasteiger partial charge < -0.3 is 10.0 Å². The standard InChI is InChI=1S/C13H12FNO2/c1-3-8-15(2)12-6-4-10(9-11(12)14)5-7-13(16)17/h1,4-7,9H,8H2,2H3,(H,16,17)/b7-5+. The number of carboxylic acids is 1. The Morgan fingerprint density at radius 2 is 2.35 bits per heavy atom. The van der Waals surface area contributed by atoms with E-state index in [-0.39, 0.29) is 0 Å². The number of rotatable bonds is 4. The summed E-state index contributed by atoms with van der Waals surface area (Å²) >= 11 is 0. The first-order valence-electron chi connectivity index (χ1n) is 4.89. The highest BCUT2D eigenvalue weighted by Gasteiger charge is 2.06. The molecule has 4 heteroatoms. The number of hydrogen-bond acceptors (Lipinski definition) is 2. The van der Waals surface area contributed by atoms with Crippen LogP contribution in [-0.2, 0) is 4.79 Å². The lowest BCUT2D eigenvalue weighted by Gasteiger charge is -2.16. The van der Waals surface area contributed by atoms with Gasteiger partial charge in [0.1, 0.15) is 5.82 Å². The van der Waals surface area contributed by atoms with E-state index in [9.17, 15) is 9.18 Å². The molecular weight excluding hydrogens is 221 g/mol. The van der Waals surface area contributed by atoms with E-state index in [0.717, 1.165) is 6.08 Å². The molecule has 0 aromatic heterocycles. The van der Waals surface area contributed by atoms with Gasteiger partial charge in [-0.2, -0.15) is 0 Å². The van der Waals surface area contributed by atoms with E-state index in [0.29, 0.717) is 17.8 Å². The molecule has 1 N–H and O–H groups in total. The predicted octanol–water partition coefficient (Wildman–Crippen LogP) is 1.99. The van der Waals surface area contributed by atoms with Crippen LogP contribution in [0.25, 0.3) is 6.08 Å². The fourth-order valence-electron chi connectivity index (χ4n) is 1.33. The molecule has 0 atom stereocenters. The first kappa shape index (κ1) is 12.8. The van der Waals surface area contributed by atoms with E-state index in [1.807, 2.05) is 0 Å². The van der Waals surface area contributed by atoms with Crippen LogP contribution in [0.5, 0.6) is 0 Å². The molecule has 3 nitrogen and oxygen atoms in total. The number of benzene rings is 1. The van der Waals surface area contributed by atoms with Crippen molar-refractivity contribution in [2.75, 3.05) is 18.5 Å². The number of carbonyl (C=O) groups is 1. The fourth-order valence-corrected chi connectivity index (χ4v) is 1.33. The Labute approximate surface area is 99.2 Å². The third kappa shape index (κ3) is 3.65. The van der Waals surface area contributed by atoms with Crippen LogP contribution in [0, 0.1) is 18.2 Å². The van der Waals surface area contributed by atoms with Crippen molar-refractivity contribution < 1.29 is 14.3 Å². The van der Waals surface area contributed by atoms with Crippen LogP contribution < -0.4 is 4.90 Å². The van der Waals surface area contributed by atoms with Crippen molar-refractivity contribution in [3.63, 3.8) is 0 Å². The average molecular weight is 233 g/mol. The van der Waals surface area contributed by atoms with Crippen LogP contribution in [0.4, 0.5) is 10.1 Å². The molecule has 0 saturated carbocycles. The first-order chi connectivity index (χ1) is 8.04. The van der Waals surface area contributed by atoms with Crippen LogP contribution in [0.3, 0.4) is 0 Å². The summed E-state index contributed by atoms with van der Waals surface area (Å²) in [6, 6.07) is 4.46. The molecule has 88 valence electrons. The van der Waals surface area contributed by atoms with Crippen LogP contribution in [0.2, 0.25) is 0 Å². The molecule has 0 fully saturated rings. The maximum atomic E-state index is 13.7. The molecule has 1 aromatic carbocycles. The van der Waals surface area contributed by atoms with Gasteiger partial charge in [0.15, 0.2) is 0 Å². The Morgan fingerprint density at radius 3 is 2.88 bits per heavy atom. The second-order valence-electron chi connectivity index (χ2n) is 3.44. The minimum Gasteiger partial charge on any atom is -0.478 e. The second kappa shape index (κ2) is 5.71. The van der Waals surface area contributed by atoms with Gasteiger partial charge in [0.05, 0.1) is 12.2 Å². The Hall–Kier alpha value is -2.28. The molecule has 0 unspecified atom stereocenters. The topological polar surface area (TPSA) is 40.5 Å². The van der Waals surface area contributed by atoms with E-state index in [4.69, 9.17) is 11.5 Å². The molecule has 0 saturated heterocycles. The molecule has 0 radical (unpaired) electrons. The van der Waals surface area contributed by atoms with Gasteiger partial charge in [-0.1, -0.05) is 12.0 Å². The number of aliphatic carboxylic acids is 1. The third-order valence-electron chi connectivity index (χ3n) is 2.13. The van der Waals surface area contributed by atoms with Crippen molar-refractivity contribution in [3.8, 4) is 12.3 Å². The molecule has 1 aromatic rings. The molecule has 0 aliphatic carbocycles. The summed E-state index contributed by atoms with van der Waals surface area (Å²) < 4.78 is 13.7. The molecule has 0 heterocycles. The van der Waals surface area contributed by atoms with Gasteiger partial charge in [-0.15, -0.1) is 6.42 Å². The highest BCUT2D eigenvalue weighted by molar-refractivity contribution is 5.85. The molecule has 0 spiro atoms. The minimum absolute atomic E-state index is 0.307. The summed E-state index contributed by atoms with van der Waals surface area (Å²) in [5.41, 5.74) is 0.873. The zero-order valence-electron chi connectivity index (χ0n) is 9.35. The number of halogens is 1. The number of hydrogen-bond donors (Lipinski definition) is 1. The minimum atomic E-state index is -1.07. The van der Waals surface area contributed by atoms with Gasteiger partial charge in [0, 0.05) is 13.1 Å². The number of terminal acetylenes is 1. The summed E-state index contributed by atoms with van der Waals surface area (Å²) in [4.78, 5) is 11.9. The van der Waals surface area contributed by atoms with Crippen molar-refractivity contribution in [2.45, 2.75) is 0 Å². The quantitative estimate of drug-likeness (QED) is 0.638. The van der Waals surface area contributed by atoms with Crippen LogP contribution in [0.1, 0.15) is 5.56 Å². The maximum absolute atomic E-state index is 13.7. The largest absolute Gasteiger partial charge is 0.478 e. The molecule has 0 amide bonds. The maximum Gasteiger partial charge on any atom is 0.328 e. The van der Waals surface area contributed by atoms with Crippen LogP contribution >= 0.6 is 0 Å². The Bertz CT molecular complexity index is 489. The molecule has 0 bridgehead atoms. The van der Waals surface area contributed by atoms with E-state index < -0.39 is 11.8 Å². The Morgan fingerprint density at radius 1 is 1.65 bits per heavy atom. The van der Waals surface area contributed by atoms with Gasteiger partial charge >= 0.3 is 5.97 Å². The van der Waals surface area contributed by atoms with Crippen molar-refractivity contribution in [2.24, 2.45) is 0 Å². The average Bonchev–Trinajstić information content (AvgIpc) is 2.26. The van der Waals surface area contributed by atoms with Crippen molar-refractivity contribution in [3.05, 3.63) is 35.7 Å². The van der Waals surface area contributed by atoms with E-state index in [1.165, 1.54) is 12.1 Å². The zero-order valence-corrected chi connectivity index (χ0v) is 9.35. The highest BCUT2D eigenvalue weighted by Crippen LogP contribution is 2.19. The normalized spacial score (nSPS) is 10.2. The summed E-state index contributed by atoms with van der Waals surface area (Å²) in [5, 5.41) is 8.45. The predicted molar refractivity (Wildman–Crippen MR) is 65.2 cm³/mol. The highest BCUT2D eigenvalue weighted by atomic mass is 19.1. The number of anilines is 1. The van der Waals surface area contributed by atoms with Gasteiger partial charge in [0.2, 0.25) is 0 Å². The van der Waals surface area contributed by atoms with Crippen molar-refractivity contribution >= 4 is 17.7 Å². The van der Waals surface area contributed by atoms with Crippen molar-refractivity contribution in [1.82, 2.24) is 0 Å².